The van der Waals surface area contributed by atoms with Crippen LogP contribution in [0, 0.1) is 11.8 Å². The molecule has 0 amide bonds. The lowest BCUT2D eigenvalue weighted by atomic mass is 9.93. The summed E-state index contributed by atoms with van der Waals surface area (Å²) < 4.78 is 0. The standard InChI is InChI=1S/C18H35N3/c1-2-11-21(10-1)16-18-7-13-20(14-8-18)12-4-6-17-5-3-9-19-15-17/h17-19H,1-16H2. The van der Waals surface area contributed by atoms with E-state index in [0.717, 1.165) is 11.8 Å². The van der Waals surface area contributed by atoms with E-state index in [-0.39, 0.29) is 0 Å². The third kappa shape index (κ3) is 5.22. The van der Waals surface area contributed by atoms with Crippen molar-refractivity contribution >= 4 is 0 Å². The van der Waals surface area contributed by atoms with Crippen molar-refractivity contribution in [1.29, 1.82) is 0 Å². The van der Waals surface area contributed by atoms with Crippen molar-refractivity contribution in [1.82, 2.24) is 15.1 Å². The molecule has 122 valence electrons. The van der Waals surface area contributed by atoms with Crippen molar-refractivity contribution in [2.75, 3.05) is 52.4 Å². The van der Waals surface area contributed by atoms with Gasteiger partial charge in [0.15, 0.2) is 0 Å². The summed E-state index contributed by atoms with van der Waals surface area (Å²) in [5.74, 6) is 1.95. The largest absolute Gasteiger partial charge is 0.316 e. The van der Waals surface area contributed by atoms with Crippen LogP contribution in [0.5, 0.6) is 0 Å². The number of nitrogens with one attached hydrogen (secondary N) is 1. The summed E-state index contributed by atoms with van der Waals surface area (Å²) in [5.41, 5.74) is 0. The molecular weight excluding hydrogens is 258 g/mol. The Bertz CT molecular complexity index is 274. The zero-order valence-electron chi connectivity index (χ0n) is 13.9. The van der Waals surface area contributed by atoms with Gasteiger partial charge in [-0.25, -0.2) is 0 Å². The van der Waals surface area contributed by atoms with E-state index in [1.807, 2.05) is 0 Å². The fourth-order valence-electron chi connectivity index (χ4n) is 4.50. The molecule has 0 radical (unpaired) electrons. The molecule has 3 fully saturated rings. The Labute approximate surface area is 131 Å². The lowest BCUT2D eigenvalue weighted by Crippen LogP contribution is -2.38. The van der Waals surface area contributed by atoms with Crippen LogP contribution in [0.15, 0.2) is 0 Å². The molecule has 3 heteroatoms. The predicted octanol–water partition coefficient (Wildman–Crippen LogP) is 2.57. The smallest absolute Gasteiger partial charge is 0.00106 e. The van der Waals surface area contributed by atoms with E-state index in [2.05, 4.69) is 15.1 Å². The first kappa shape index (κ1) is 15.8. The van der Waals surface area contributed by atoms with E-state index in [9.17, 15) is 0 Å². The van der Waals surface area contributed by atoms with Crippen molar-refractivity contribution in [2.45, 2.75) is 51.4 Å². The minimum Gasteiger partial charge on any atom is -0.316 e. The molecule has 1 unspecified atom stereocenters. The Kier molecular flexibility index (Phi) is 6.38. The molecular formula is C18H35N3. The van der Waals surface area contributed by atoms with Crippen LogP contribution in [0.3, 0.4) is 0 Å². The van der Waals surface area contributed by atoms with Crippen LogP contribution in [0.25, 0.3) is 0 Å². The molecule has 3 aliphatic rings. The first-order valence-corrected chi connectivity index (χ1v) is 9.55. The first-order valence-electron chi connectivity index (χ1n) is 9.55. The Morgan fingerprint density at radius 3 is 2.33 bits per heavy atom. The molecule has 0 aliphatic carbocycles. The highest BCUT2D eigenvalue weighted by molar-refractivity contribution is 4.77. The fraction of sp³-hybridized carbons (Fsp3) is 1.00. The van der Waals surface area contributed by atoms with Crippen molar-refractivity contribution in [2.24, 2.45) is 11.8 Å². The summed E-state index contributed by atoms with van der Waals surface area (Å²) in [5, 5.41) is 3.55. The number of hydrogen-bond donors (Lipinski definition) is 1. The van der Waals surface area contributed by atoms with Gasteiger partial charge >= 0.3 is 0 Å². The van der Waals surface area contributed by atoms with Crippen LogP contribution < -0.4 is 5.32 Å². The third-order valence-electron chi connectivity index (χ3n) is 5.91. The lowest BCUT2D eigenvalue weighted by Gasteiger charge is -2.34. The second-order valence-electron chi connectivity index (χ2n) is 7.65. The number of piperidine rings is 2. The van der Waals surface area contributed by atoms with Gasteiger partial charge in [0.05, 0.1) is 0 Å². The van der Waals surface area contributed by atoms with Crippen molar-refractivity contribution in [3.63, 3.8) is 0 Å². The average Bonchev–Trinajstić information content (AvgIpc) is 3.03. The normalized spacial score (nSPS) is 30.0. The molecule has 3 saturated heterocycles. The first-order chi connectivity index (χ1) is 10.4. The number of hydrogen-bond acceptors (Lipinski definition) is 3. The van der Waals surface area contributed by atoms with Crippen LogP contribution in [-0.4, -0.2) is 62.2 Å². The van der Waals surface area contributed by atoms with E-state index in [0.29, 0.717) is 0 Å². The molecule has 3 aliphatic heterocycles. The summed E-state index contributed by atoms with van der Waals surface area (Å²) in [7, 11) is 0. The quantitative estimate of drug-likeness (QED) is 0.812. The van der Waals surface area contributed by atoms with Crippen molar-refractivity contribution < 1.29 is 0 Å². The van der Waals surface area contributed by atoms with Gasteiger partial charge in [0.25, 0.3) is 0 Å². The van der Waals surface area contributed by atoms with E-state index < -0.39 is 0 Å². The fourth-order valence-corrected chi connectivity index (χ4v) is 4.50. The maximum absolute atomic E-state index is 3.55. The highest BCUT2D eigenvalue weighted by Crippen LogP contribution is 2.22. The van der Waals surface area contributed by atoms with E-state index >= 15 is 0 Å². The molecule has 0 bridgehead atoms. The molecule has 0 aromatic rings. The molecule has 0 aromatic carbocycles. The molecule has 3 nitrogen and oxygen atoms in total. The molecule has 0 spiro atoms. The summed E-state index contributed by atoms with van der Waals surface area (Å²) in [6.45, 7) is 10.7. The minimum atomic E-state index is 0.964. The van der Waals surface area contributed by atoms with Gasteiger partial charge in [0.1, 0.15) is 0 Å². The van der Waals surface area contributed by atoms with E-state index in [1.165, 1.54) is 104 Å². The predicted molar refractivity (Wildman–Crippen MR) is 89.7 cm³/mol. The summed E-state index contributed by atoms with van der Waals surface area (Å²) in [4.78, 5) is 5.44. The van der Waals surface area contributed by atoms with Gasteiger partial charge < -0.3 is 15.1 Å². The van der Waals surface area contributed by atoms with Gasteiger partial charge in [-0.1, -0.05) is 0 Å². The SMILES string of the molecule is C1CNCC(CCCN2CCC(CN3CCCC3)CC2)C1. The van der Waals surface area contributed by atoms with Crippen LogP contribution >= 0.6 is 0 Å². The van der Waals surface area contributed by atoms with E-state index in [4.69, 9.17) is 0 Å². The van der Waals surface area contributed by atoms with Crippen LogP contribution in [0.1, 0.15) is 51.4 Å². The molecule has 0 saturated carbocycles. The topological polar surface area (TPSA) is 18.5 Å². The lowest BCUT2D eigenvalue weighted by molar-refractivity contribution is 0.150. The van der Waals surface area contributed by atoms with Gasteiger partial charge in [-0.15, -0.1) is 0 Å². The van der Waals surface area contributed by atoms with Crippen molar-refractivity contribution in [3.8, 4) is 0 Å². The van der Waals surface area contributed by atoms with Crippen LogP contribution in [-0.2, 0) is 0 Å². The van der Waals surface area contributed by atoms with Crippen LogP contribution in [0.2, 0.25) is 0 Å². The molecule has 1 N–H and O–H groups in total. The van der Waals surface area contributed by atoms with Crippen LogP contribution in [0.4, 0.5) is 0 Å². The summed E-state index contributed by atoms with van der Waals surface area (Å²) in [6.07, 6.45) is 11.5. The highest BCUT2D eigenvalue weighted by atomic mass is 15.2. The minimum absolute atomic E-state index is 0.964. The molecule has 1 atom stereocenters. The molecule has 3 heterocycles. The van der Waals surface area contributed by atoms with Gasteiger partial charge in [-0.05, 0) is 109 Å². The molecule has 0 aromatic heterocycles. The van der Waals surface area contributed by atoms with Gasteiger partial charge in [-0.2, -0.15) is 0 Å². The Hall–Kier alpha value is -0.120. The second kappa shape index (κ2) is 8.50. The Balaban J connectivity index is 1.25. The zero-order valence-corrected chi connectivity index (χ0v) is 13.9. The Morgan fingerprint density at radius 1 is 0.810 bits per heavy atom. The monoisotopic (exact) mass is 293 g/mol. The maximum Gasteiger partial charge on any atom is 0.00106 e. The summed E-state index contributed by atoms with van der Waals surface area (Å²) >= 11 is 0. The highest BCUT2D eigenvalue weighted by Gasteiger charge is 2.22. The van der Waals surface area contributed by atoms with Gasteiger partial charge in [0.2, 0.25) is 0 Å². The third-order valence-corrected chi connectivity index (χ3v) is 5.91. The van der Waals surface area contributed by atoms with E-state index in [1.54, 1.807) is 0 Å². The summed E-state index contributed by atoms with van der Waals surface area (Å²) in [6, 6.07) is 0. The number of rotatable bonds is 6. The second-order valence-corrected chi connectivity index (χ2v) is 7.65. The maximum atomic E-state index is 3.55. The van der Waals surface area contributed by atoms with Gasteiger partial charge in [0, 0.05) is 6.54 Å². The average molecular weight is 293 g/mol. The zero-order chi connectivity index (χ0) is 14.3. The molecule has 21 heavy (non-hydrogen) atoms. The van der Waals surface area contributed by atoms with Crippen molar-refractivity contribution in [3.05, 3.63) is 0 Å². The number of likely N-dealkylation sites (tertiary alicyclic amines) is 2. The van der Waals surface area contributed by atoms with Gasteiger partial charge in [-0.3, -0.25) is 0 Å². The Morgan fingerprint density at radius 2 is 1.62 bits per heavy atom. The molecule has 3 rings (SSSR count). The number of nitrogens with zero attached hydrogens (tertiary/aromatic N) is 2.